The smallest absolute Gasteiger partial charge is 0.398 e. The number of rotatable bonds is 3. The van der Waals surface area contributed by atoms with Crippen molar-refractivity contribution >= 4 is 17.6 Å². The molecule has 1 aromatic rings. The molecule has 0 bridgehead atoms. The van der Waals surface area contributed by atoms with Gasteiger partial charge in [-0.2, -0.15) is 5.26 Å². The number of nitriles is 1. The van der Waals surface area contributed by atoms with E-state index in [-0.39, 0.29) is 11.3 Å². The lowest BCUT2D eigenvalue weighted by molar-refractivity contribution is -0.145. The lowest BCUT2D eigenvalue weighted by Crippen LogP contribution is -2.38. The number of nitrogens with one attached hydrogen (secondary N) is 2. The fourth-order valence-electron chi connectivity index (χ4n) is 0.912. The van der Waals surface area contributed by atoms with Crippen LogP contribution in [0, 0.1) is 11.3 Å². The number of hydrazine groups is 1. The Bertz CT molecular complexity index is 452. The standard InChI is InChI=1S/C9H8N4O3/c10-5-8(14)16-13-12-9(15)6-3-1-2-4-7(6)11/h1-4,13H,11H2,(H,12,15). The summed E-state index contributed by atoms with van der Waals surface area (Å²) in [7, 11) is 0. The van der Waals surface area contributed by atoms with Crippen molar-refractivity contribution < 1.29 is 14.4 Å². The molecule has 0 saturated carbocycles. The molecule has 0 aromatic heterocycles. The highest BCUT2D eigenvalue weighted by Gasteiger charge is 2.08. The van der Waals surface area contributed by atoms with Gasteiger partial charge in [0, 0.05) is 5.69 Å². The van der Waals surface area contributed by atoms with Crippen molar-refractivity contribution in [3.8, 4) is 6.07 Å². The summed E-state index contributed by atoms with van der Waals surface area (Å²) in [5, 5.41) is 8.06. The van der Waals surface area contributed by atoms with Crippen molar-refractivity contribution in [2.24, 2.45) is 0 Å². The fraction of sp³-hybridized carbons (Fsp3) is 0. The Morgan fingerprint density at radius 2 is 2.06 bits per heavy atom. The maximum absolute atomic E-state index is 11.4. The molecule has 0 aliphatic heterocycles. The minimum absolute atomic E-state index is 0.225. The number of carbonyl (C=O) groups excluding carboxylic acids is 2. The van der Waals surface area contributed by atoms with Gasteiger partial charge in [-0.1, -0.05) is 17.7 Å². The molecule has 7 heteroatoms. The van der Waals surface area contributed by atoms with E-state index in [2.05, 4.69) is 4.84 Å². The molecule has 0 radical (unpaired) electrons. The van der Waals surface area contributed by atoms with E-state index < -0.39 is 11.9 Å². The highest BCUT2D eigenvalue weighted by molar-refractivity contribution is 5.98. The van der Waals surface area contributed by atoms with E-state index in [0.717, 1.165) is 0 Å². The summed E-state index contributed by atoms with van der Waals surface area (Å²) in [6.07, 6.45) is 0. The molecule has 0 saturated heterocycles. The fourth-order valence-corrected chi connectivity index (χ4v) is 0.912. The number of hydrogen-bond donors (Lipinski definition) is 3. The van der Waals surface area contributed by atoms with Crippen molar-refractivity contribution in [1.82, 2.24) is 11.0 Å². The number of benzene rings is 1. The largest absolute Gasteiger partial charge is 0.431 e. The van der Waals surface area contributed by atoms with E-state index in [4.69, 9.17) is 11.0 Å². The maximum atomic E-state index is 11.4. The molecule has 0 heterocycles. The molecular formula is C9H8N4O3. The minimum atomic E-state index is -1.17. The van der Waals surface area contributed by atoms with Gasteiger partial charge in [-0.25, -0.2) is 4.79 Å². The minimum Gasteiger partial charge on any atom is -0.398 e. The normalized spacial score (nSPS) is 8.94. The second kappa shape index (κ2) is 5.33. The van der Waals surface area contributed by atoms with Crippen LogP contribution in [0.25, 0.3) is 0 Å². The monoisotopic (exact) mass is 220 g/mol. The number of nitrogens with zero attached hydrogens (tertiary/aromatic N) is 1. The first-order valence-corrected chi connectivity index (χ1v) is 4.16. The molecule has 0 atom stereocenters. The summed E-state index contributed by atoms with van der Waals surface area (Å²) >= 11 is 0. The van der Waals surface area contributed by atoms with Crippen molar-refractivity contribution in [2.45, 2.75) is 0 Å². The number of amides is 1. The summed E-state index contributed by atoms with van der Waals surface area (Å²) < 4.78 is 0. The highest BCUT2D eigenvalue weighted by atomic mass is 16.7. The predicted molar refractivity (Wildman–Crippen MR) is 53.2 cm³/mol. The second-order valence-corrected chi connectivity index (χ2v) is 2.64. The van der Waals surface area contributed by atoms with Crippen LogP contribution in [-0.4, -0.2) is 11.9 Å². The van der Waals surface area contributed by atoms with Crippen molar-refractivity contribution in [3.05, 3.63) is 29.8 Å². The number of anilines is 1. The van der Waals surface area contributed by atoms with Crippen LogP contribution >= 0.6 is 0 Å². The Morgan fingerprint density at radius 1 is 1.38 bits per heavy atom. The molecule has 1 aromatic carbocycles. The molecule has 0 fully saturated rings. The van der Waals surface area contributed by atoms with Crippen LogP contribution in [0.4, 0.5) is 5.69 Å². The van der Waals surface area contributed by atoms with E-state index >= 15 is 0 Å². The Balaban J connectivity index is 2.51. The van der Waals surface area contributed by atoms with Crippen LogP contribution in [0.5, 0.6) is 0 Å². The Morgan fingerprint density at radius 3 is 2.69 bits per heavy atom. The Hall–Kier alpha value is -2.59. The topological polar surface area (TPSA) is 117 Å². The zero-order valence-corrected chi connectivity index (χ0v) is 8.06. The third-order valence-corrected chi connectivity index (χ3v) is 1.60. The molecule has 0 aliphatic rings. The van der Waals surface area contributed by atoms with Gasteiger partial charge in [0.2, 0.25) is 0 Å². The highest BCUT2D eigenvalue weighted by Crippen LogP contribution is 2.09. The van der Waals surface area contributed by atoms with Crippen LogP contribution in [0.1, 0.15) is 10.4 Å². The van der Waals surface area contributed by atoms with Gasteiger partial charge in [0.1, 0.15) is 0 Å². The number of hydrogen-bond acceptors (Lipinski definition) is 6. The number of para-hydroxylation sites is 1. The summed E-state index contributed by atoms with van der Waals surface area (Å²) in [6.45, 7) is 0. The Kier molecular flexibility index (Phi) is 3.83. The van der Waals surface area contributed by atoms with Gasteiger partial charge in [-0.15, -0.1) is 0 Å². The first kappa shape index (κ1) is 11.5. The molecular weight excluding hydrogens is 212 g/mol. The molecule has 0 unspecified atom stereocenters. The molecule has 16 heavy (non-hydrogen) atoms. The predicted octanol–water partition coefficient (Wildman–Crippen LogP) is -0.515. The van der Waals surface area contributed by atoms with E-state index in [1.807, 2.05) is 11.0 Å². The SMILES string of the molecule is N#CC(=O)ONNC(=O)c1ccccc1N. The van der Waals surface area contributed by atoms with Crippen LogP contribution in [-0.2, 0) is 9.63 Å². The number of nitrogen functional groups attached to an aromatic ring is 1. The molecule has 82 valence electrons. The summed E-state index contributed by atoms with van der Waals surface area (Å²) in [5.74, 6) is -1.75. The zero-order valence-electron chi connectivity index (χ0n) is 8.06. The van der Waals surface area contributed by atoms with Gasteiger partial charge in [-0.3, -0.25) is 10.2 Å². The lowest BCUT2D eigenvalue weighted by Gasteiger charge is -2.06. The molecule has 0 aliphatic carbocycles. The van der Waals surface area contributed by atoms with E-state index in [1.54, 1.807) is 18.2 Å². The van der Waals surface area contributed by atoms with Crippen LogP contribution in [0.2, 0.25) is 0 Å². The first-order chi connectivity index (χ1) is 7.65. The third-order valence-electron chi connectivity index (χ3n) is 1.60. The van der Waals surface area contributed by atoms with Crippen LogP contribution in [0.3, 0.4) is 0 Å². The number of carbonyl (C=O) groups is 2. The lowest BCUT2D eigenvalue weighted by atomic mass is 10.2. The third kappa shape index (κ3) is 2.97. The molecule has 1 amide bonds. The van der Waals surface area contributed by atoms with E-state index in [1.165, 1.54) is 12.1 Å². The summed E-state index contributed by atoms with van der Waals surface area (Å²) in [5.41, 5.74) is 9.92. The molecule has 7 nitrogen and oxygen atoms in total. The summed E-state index contributed by atoms with van der Waals surface area (Å²) in [4.78, 5) is 25.9. The molecule has 4 N–H and O–H groups in total. The van der Waals surface area contributed by atoms with Gasteiger partial charge in [0.05, 0.1) is 5.56 Å². The van der Waals surface area contributed by atoms with Crippen molar-refractivity contribution in [1.29, 1.82) is 5.26 Å². The second-order valence-electron chi connectivity index (χ2n) is 2.64. The zero-order chi connectivity index (χ0) is 12.0. The quantitative estimate of drug-likeness (QED) is 0.358. The average Bonchev–Trinajstić information content (AvgIpc) is 2.29. The van der Waals surface area contributed by atoms with Gasteiger partial charge in [-0.05, 0) is 12.1 Å². The molecule has 0 spiro atoms. The first-order valence-electron chi connectivity index (χ1n) is 4.16. The molecule has 1 rings (SSSR count). The van der Waals surface area contributed by atoms with Gasteiger partial charge < -0.3 is 10.6 Å². The van der Waals surface area contributed by atoms with Crippen molar-refractivity contribution in [2.75, 3.05) is 5.73 Å². The van der Waals surface area contributed by atoms with Crippen LogP contribution in [0.15, 0.2) is 24.3 Å². The maximum Gasteiger partial charge on any atom is 0.431 e. The van der Waals surface area contributed by atoms with Crippen molar-refractivity contribution in [3.63, 3.8) is 0 Å². The van der Waals surface area contributed by atoms with Crippen LogP contribution < -0.4 is 16.7 Å². The van der Waals surface area contributed by atoms with Gasteiger partial charge in [0.25, 0.3) is 5.91 Å². The Labute approximate surface area is 90.7 Å². The van der Waals surface area contributed by atoms with E-state index in [9.17, 15) is 9.59 Å². The van der Waals surface area contributed by atoms with Gasteiger partial charge >= 0.3 is 5.97 Å². The van der Waals surface area contributed by atoms with E-state index in [0.29, 0.717) is 0 Å². The summed E-state index contributed by atoms with van der Waals surface area (Å²) in [6, 6.07) is 7.55. The number of nitrogens with two attached hydrogens (primary N) is 1. The van der Waals surface area contributed by atoms with Gasteiger partial charge in [0.15, 0.2) is 6.07 Å². The average molecular weight is 220 g/mol.